The number of anilines is 1. The van der Waals surface area contributed by atoms with Gasteiger partial charge in [-0.3, -0.25) is 4.79 Å². The summed E-state index contributed by atoms with van der Waals surface area (Å²) >= 11 is 0. The van der Waals surface area contributed by atoms with Crippen molar-refractivity contribution in [2.75, 3.05) is 19.0 Å². The lowest BCUT2D eigenvalue weighted by atomic mass is 9.87. The Bertz CT molecular complexity index is 795. The third-order valence-electron chi connectivity index (χ3n) is 4.30. The van der Waals surface area contributed by atoms with Gasteiger partial charge in [-0.1, -0.05) is 12.1 Å². The minimum atomic E-state index is -0.269. The molecule has 4 heteroatoms. The van der Waals surface area contributed by atoms with Crippen molar-refractivity contribution in [3.63, 3.8) is 0 Å². The van der Waals surface area contributed by atoms with Crippen LogP contribution in [0.2, 0.25) is 0 Å². The van der Waals surface area contributed by atoms with E-state index in [1.54, 1.807) is 0 Å². The lowest BCUT2D eigenvalue weighted by Crippen LogP contribution is -2.20. The zero-order valence-electron chi connectivity index (χ0n) is 12.9. The molecule has 1 aliphatic carbocycles. The summed E-state index contributed by atoms with van der Waals surface area (Å²) in [6.07, 6.45) is 4.01. The molecule has 22 heavy (non-hydrogen) atoms. The van der Waals surface area contributed by atoms with Crippen LogP contribution in [0.25, 0.3) is 11.1 Å². The molecule has 0 radical (unpaired) electrons. The zero-order chi connectivity index (χ0) is 15.7. The van der Waals surface area contributed by atoms with E-state index in [0.29, 0.717) is 0 Å². The summed E-state index contributed by atoms with van der Waals surface area (Å²) in [5, 5.41) is 9.43. The van der Waals surface area contributed by atoms with E-state index in [1.165, 1.54) is 0 Å². The fourth-order valence-corrected chi connectivity index (χ4v) is 3.13. The number of nitrogens with one attached hydrogen (secondary N) is 1. The summed E-state index contributed by atoms with van der Waals surface area (Å²) < 4.78 is 0. The summed E-state index contributed by atoms with van der Waals surface area (Å²) in [5.41, 5.74) is 4.98. The molecular weight excluding hydrogens is 274 g/mol. The maximum Gasteiger partial charge on any atom is 0.266 e. The van der Waals surface area contributed by atoms with Crippen molar-refractivity contribution in [3.05, 3.63) is 51.4 Å². The Morgan fingerprint density at radius 2 is 1.82 bits per heavy atom. The molecule has 1 aromatic carbocycles. The van der Waals surface area contributed by atoms with E-state index in [0.717, 1.165) is 53.8 Å². The molecule has 0 amide bonds. The summed E-state index contributed by atoms with van der Waals surface area (Å²) in [4.78, 5) is 17.1. The highest BCUT2D eigenvalue weighted by molar-refractivity contribution is 5.75. The van der Waals surface area contributed by atoms with Crippen molar-refractivity contribution >= 4 is 5.69 Å². The molecule has 1 aliphatic rings. The molecule has 112 valence electrons. The van der Waals surface area contributed by atoms with Gasteiger partial charge in [-0.05, 0) is 48.9 Å². The second kappa shape index (κ2) is 5.69. The topological polar surface area (TPSA) is 59.9 Å². The van der Waals surface area contributed by atoms with Crippen LogP contribution in [-0.2, 0) is 12.8 Å². The number of rotatable bonds is 2. The Balaban J connectivity index is 2.22. The van der Waals surface area contributed by atoms with E-state index >= 15 is 0 Å². The van der Waals surface area contributed by atoms with Crippen LogP contribution in [0.4, 0.5) is 5.69 Å². The van der Waals surface area contributed by atoms with E-state index < -0.39 is 0 Å². The zero-order valence-corrected chi connectivity index (χ0v) is 12.9. The molecule has 1 N–H and O–H groups in total. The van der Waals surface area contributed by atoms with Gasteiger partial charge in [-0.25, -0.2) is 0 Å². The van der Waals surface area contributed by atoms with Gasteiger partial charge in [0.25, 0.3) is 5.56 Å². The Hall–Kier alpha value is -2.54. The molecule has 0 fully saturated rings. The first-order valence-electron chi connectivity index (χ1n) is 7.57. The highest BCUT2D eigenvalue weighted by Gasteiger charge is 2.21. The molecule has 4 nitrogen and oxygen atoms in total. The Morgan fingerprint density at radius 1 is 1.14 bits per heavy atom. The minimum absolute atomic E-state index is 0.234. The maximum absolute atomic E-state index is 12.2. The normalized spacial score (nSPS) is 13.3. The van der Waals surface area contributed by atoms with E-state index in [4.69, 9.17) is 0 Å². The summed E-state index contributed by atoms with van der Waals surface area (Å²) in [5.74, 6) is 0. The molecule has 1 heterocycles. The van der Waals surface area contributed by atoms with Crippen LogP contribution in [-0.4, -0.2) is 19.1 Å². The highest BCUT2D eigenvalue weighted by Crippen LogP contribution is 2.32. The van der Waals surface area contributed by atoms with Gasteiger partial charge >= 0.3 is 0 Å². The van der Waals surface area contributed by atoms with Crippen LogP contribution in [0.15, 0.2) is 29.1 Å². The van der Waals surface area contributed by atoms with Crippen LogP contribution in [0.3, 0.4) is 0 Å². The Labute approximate surface area is 130 Å². The predicted molar refractivity (Wildman–Crippen MR) is 88.2 cm³/mol. The van der Waals surface area contributed by atoms with Gasteiger partial charge in [0.15, 0.2) is 0 Å². The molecule has 0 atom stereocenters. The van der Waals surface area contributed by atoms with Gasteiger partial charge in [0.1, 0.15) is 11.6 Å². The molecule has 0 unspecified atom stereocenters. The van der Waals surface area contributed by atoms with Crippen molar-refractivity contribution in [1.82, 2.24) is 4.98 Å². The highest BCUT2D eigenvalue weighted by atomic mass is 16.1. The second-order valence-electron chi connectivity index (χ2n) is 5.92. The SMILES string of the molecule is CN(C)c1ccc(-c2c3c([nH]c(=O)c2C#N)CCCC3)cc1. The fraction of sp³-hybridized carbons (Fsp3) is 0.333. The summed E-state index contributed by atoms with van der Waals surface area (Å²) in [7, 11) is 3.98. The smallest absolute Gasteiger partial charge is 0.266 e. The number of hydrogen-bond donors (Lipinski definition) is 1. The van der Waals surface area contributed by atoms with Crippen molar-refractivity contribution < 1.29 is 0 Å². The minimum Gasteiger partial charge on any atom is -0.378 e. The average molecular weight is 293 g/mol. The number of aromatic nitrogens is 1. The molecular formula is C18H19N3O. The molecule has 0 saturated heterocycles. The third-order valence-corrected chi connectivity index (χ3v) is 4.30. The van der Waals surface area contributed by atoms with Crippen LogP contribution in [0.1, 0.15) is 29.7 Å². The summed E-state index contributed by atoms with van der Waals surface area (Å²) in [6, 6.07) is 10.1. The van der Waals surface area contributed by atoms with E-state index in [9.17, 15) is 10.1 Å². The number of benzene rings is 1. The average Bonchev–Trinajstić information content (AvgIpc) is 2.53. The maximum atomic E-state index is 12.2. The van der Waals surface area contributed by atoms with Gasteiger partial charge in [-0.2, -0.15) is 5.26 Å². The van der Waals surface area contributed by atoms with Gasteiger partial charge in [0.2, 0.25) is 0 Å². The van der Waals surface area contributed by atoms with E-state index in [2.05, 4.69) is 11.1 Å². The quantitative estimate of drug-likeness (QED) is 0.926. The number of nitrogens with zero attached hydrogens (tertiary/aromatic N) is 2. The molecule has 3 rings (SSSR count). The molecule has 0 aliphatic heterocycles. The fourth-order valence-electron chi connectivity index (χ4n) is 3.13. The number of hydrogen-bond acceptors (Lipinski definition) is 3. The molecule has 2 aromatic rings. The van der Waals surface area contributed by atoms with Gasteiger partial charge in [-0.15, -0.1) is 0 Å². The van der Waals surface area contributed by atoms with Gasteiger partial charge in [0, 0.05) is 31.0 Å². The number of H-pyrrole nitrogens is 1. The van der Waals surface area contributed by atoms with Crippen molar-refractivity contribution in [1.29, 1.82) is 5.26 Å². The largest absolute Gasteiger partial charge is 0.378 e. The summed E-state index contributed by atoms with van der Waals surface area (Å²) in [6.45, 7) is 0. The molecule has 1 aromatic heterocycles. The number of nitriles is 1. The van der Waals surface area contributed by atoms with Crippen LogP contribution < -0.4 is 10.5 Å². The van der Waals surface area contributed by atoms with Crippen molar-refractivity contribution in [2.24, 2.45) is 0 Å². The van der Waals surface area contributed by atoms with Crippen LogP contribution >= 0.6 is 0 Å². The number of aryl methyl sites for hydroxylation is 1. The number of fused-ring (bicyclic) bond motifs is 1. The molecule has 0 bridgehead atoms. The predicted octanol–water partition coefficient (Wildman–Crippen LogP) is 2.86. The van der Waals surface area contributed by atoms with Gasteiger partial charge < -0.3 is 9.88 Å². The first-order chi connectivity index (χ1) is 10.6. The molecule has 0 spiro atoms. The van der Waals surface area contributed by atoms with Crippen LogP contribution in [0.5, 0.6) is 0 Å². The Kier molecular flexibility index (Phi) is 3.72. The Morgan fingerprint density at radius 3 is 2.45 bits per heavy atom. The first-order valence-corrected chi connectivity index (χ1v) is 7.57. The van der Waals surface area contributed by atoms with E-state index in [-0.39, 0.29) is 11.1 Å². The molecule has 0 saturated carbocycles. The van der Waals surface area contributed by atoms with Crippen molar-refractivity contribution in [2.45, 2.75) is 25.7 Å². The second-order valence-corrected chi connectivity index (χ2v) is 5.92. The monoisotopic (exact) mass is 293 g/mol. The lowest BCUT2D eigenvalue weighted by Gasteiger charge is -2.20. The number of pyridine rings is 1. The van der Waals surface area contributed by atoms with E-state index in [1.807, 2.05) is 43.3 Å². The lowest BCUT2D eigenvalue weighted by molar-refractivity contribution is 0.666. The van der Waals surface area contributed by atoms with Crippen LogP contribution in [0, 0.1) is 11.3 Å². The van der Waals surface area contributed by atoms with Crippen molar-refractivity contribution in [3.8, 4) is 17.2 Å². The standard InChI is InChI=1S/C18H19N3O/c1-21(2)13-9-7-12(8-10-13)17-14-5-3-4-6-16(14)20-18(22)15(17)11-19/h7-10H,3-6H2,1-2H3,(H,20,22). The third kappa shape index (κ3) is 2.39. The number of aromatic amines is 1. The van der Waals surface area contributed by atoms with Gasteiger partial charge in [0.05, 0.1) is 0 Å². The first kappa shape index (κ1) is 14.4.